The van der Waals surface area contributed by atoms with Crippen molar-refractivity contribution in [3.05, 3.63) is 58.7 Å². The number of methoxy groups -OCH3 is 1. The Labute approximate surface area is 124 Å². The molecular formula is C17H20N2O2. The number of carbonyl (C=O) groups is 1. The molecule has 0 aliphatic rings. The molecule has 0 atom stereocenters. The van der Waals surface area contributed by atoms with Gasteiger partial charge < -0.3 is 15.8 Å². The van der Waals surface area contributed by atoms with Crippen LogP contribution in [0, 0.1) is 13.8 Å². The van der Waals surface area contributed by atoms with Gasteiger partial charge in [0.05, 0.1) is 7.11 Å². The monoisotopic (exact) mass is 284 g/mol. The summed E-state index contributed by atoms with van der Waals surface area (Å²) in [6, 6.07) is 11.1. The van der Waals surface area contributed by atoms with Crippen molar-refractivity contribution in [1.29, 1.82) is 0 Å². The van der Waals surface area contributed by atoms with Gasteiger partial charge >= 0.3 is 0 Å². The van der Waals surface area contributed by atoms with Crippen molar-refractivity contribution < 1.29 is 9.53 Å². The fourth-order valence-electron chi connectivity index (χ4n) is 2.13. The Morgan fingerprint density at radius 2 is 2.00 bits per heavy atom. The largest absolute Gasteiger partial charge is 0.496 e. The SMILES string of the molecule is COc1cc(C(=O)NCc2cccc(N)c2C)ccc1C. The molecule has 2 rings (SSSR count). The van der Waals surface area contributed by atoms with Crippen LogP contribution in [-0.4, -0.2) is 13.0 Å². The first-order valence-corrected chi connectivity index (χ1v) is 6.79. The van der Waals surface area contributed by atoms with Crippen molar-refractivity contribution in [3.63, 3.8) is 0 Å². The van der Waals surface area contributed by atoms with Gasteiger partial charge in [0, 0.05) is 17.8 Å². The van der Waals surface area contributed by atoms with Gasteiger partial charge in [0.2, 0.25) is 0 Å². The van der Waals surface area contributed by atoms with Gasteiger partial charge in [-0.25, -0.2) is 0 Å². The molecule has 1 amide bonds. The van der Waals surface area contributed by atoms with Gasteiger partial charge in [0.1, 0.15) is 5.75 Å². The number of nitrogen functional groups attached to an aromatic ring is 1. The number of ether oxygens (including phenoxy) is 1. The first kappa shape index (κ1) is 14.9. The maximum Gasteiger partial charge on any atom is 0.251 e. The number of rotatable bonds is 4. The molecule has 2 aromatic carbocycles. The molecule has 0 radical (unpaired) electrons. The zero-order valence-corrected chi connectivity index (χ0v) is 12.6. The average Bonchev–Trinajstić information content (AvgIpc) is 2.49. The smallest absolute Gasteiger partial charge is 0.251 e. The lowest BCUT2D eigenvalue weighted by atomic mass is 10.1. The molecule has 4 heteroatoms. The molecule has 0 saturated carbocycles. The molecule has 21 heavy (non-hydrogen) atoms. The Hall–Kier alpha value is -2.49. The van der Waals surface area contributed by atoms with E-state index in [1.807, 2.05) is 38.1 Å². The highest BCUT2D eigenvalue weighted by Gasteiger charge is 2.09. The first-order chi connectivity index (χ1) is 10.0. The lowest BCUT2D eigenvalue weighted by Crippen LogP contribution is -2.23. The maximum absolute atomic E-state index is 12.2. The van der Waals surface area contributed by atoms with E-state index in [0.717, 1.165) is 22.4 Å². The molecule has 3 N–H and O–H groups in total. The van der Waals surface area contributed by atoms with Crippen LogP contribution in [0.5, 0.6) is 5.75 Å². The molecule has 2 aromatic rings. The molecule has 110 valence electrons. The summed E-state index contributed by atoms with van der Waals surface area (Å²) in [6.07, 6.45) is 0. The van der Waals surface area contributed by atoms with E-state index in [-0.39, 0.29) is 5.91 Å². The fourth-order valence-corrected chi connectivity index (χ4v) is 2.13. The van der Waals surface area contributed by atoms with Crippen LogP contribution < -0.4 is 15.8 Å². The highest BCUT2D eigenvalue weighted by atomic mass is 16.5. The summed E-state index contributed by atoms with van der Waals surface area (Å²) in [5.41, 5.74) is 10.2. The van der Waals surface area contributed by atoms with Gasteiger partial charge in [-0.3, -0.25) is 4.79 Å². The topological polar surface area (TPSA) is 64.3 Å². The van der Waals surface area contributed by atoms with Gasteiger partial charge in [-0.05, 0) is 48.7 Å². The minimum Gasteiger partial charge on any atom is -0.496 e. The Morgan fingerprint density at radius 3 is 2.71 bits per heavy atom. The summed E-state index contributed by atoms with van der Waals surface area (Å²) in [5.74, 6) is 0.581. The Balaban J connectivity index is 2.10. The zero-order valence-electron chi connectivity index (χ0n) is 12.6. The molecule has 0 bridgehead atoms. The summed E-state index contributed by atoms with van der Waals surface area (Å²) in [6.45, 7) is 4.34. The normalized spacial score (nSPS) is 10.2. The van der Waals surface area contributed by atoms with Gasteiger partial charge in [-0.2, -0.15) is 0 Å². The summed E-state index contributed by atoms with van der Waals surface area (Å²) in [4.78, 5) is 12.2. The Morgan fingerprint density at radius 1 is 1.24 bits per heavy atom. The van der Waals surface area contributed by atoms with E-state index >= 15 is 0 Å². The van der Waals surface area contributed by atoms with Crippen LogP contribution >= 0.6 is 0 Å². The molecule has 4 nitrogen and oxygen atoms in total. The molecule has 0 heterocycles. The van der Waals surface area contributed by atoms with Crippen molar-refractivity contribution in [2.75, 3.05) is 12.8 Å². The molecule has 0 unspecified atom stereocenters. The van der Waals surface area contributed by atoms with Gasteiger partial charge in [-0.15, -0.1) is 0 Å². The Bertz CT molecular complexity index is 666. The molecule has 0 fully saturated rings. The molecule has 0 aliphatic heterocycles. The van der Waals surface area contributed by atoms with Crippen LogP contribution in [0.1, 0.15) is 27.0 Å². The van der Waals surface area contributed by atoms with Crippen LogP contribution in [0.15, 0.2) is 36.4 Å². The van der Waals surface area contributed by atoms with E-state index < -0.39 is 0 Å². The van der Waals surface area contributed by atoms with E-state index in [1.165, 1.54) is 0 Å². The quantitative estimate of drug-likeness (QED) is 0.849. The minimum absolute atomic E-state index is 0.130. The lowest BCUT2D eigenvalue weighted by Gasteiger charge is -2.11. The van der Waals surface area contributed by atoms with E-state index in [4.69, 9.17) is 10.5 Å². The number of benzene rings is 2. The van der Waals surface area contributed by atoms with Gasteiger partial charge in [0.15, 0.2) is 0 Å². The van der Waals surface area contributed by atoms with Crippen molar-refractivity contribution in [1.82, 2.24) is 5.32 Å². The molecule has 0 aromatic heterocycles. The van der Waals surface area contributed by atoms with Crippen molar-refractivity contribution in [2.24, 2.45) is 0 Å². The second-order valence-electron chi connectivity index (χ2n) is 5.00. The first-order valence-electron chi connectivity index (χ1n) is 6.79. The third kappa shape index (κ3) is 3.34. The van der Waals surface area contributed by atoms with Gasteiger partial charge in [-0.1, -0.05) is 18.2 Å². The summed E-state index contributed by atoms with van der Waals surface area (Å²) >= 11 is 0. The van der Waals surface area contributed by atoms with Crippen LogP contribution in [0.25, 0.3) is 0 Å². The van der Waals surface area contributed by atoms with E-state index in [2.05, 4.69) is 5.32 Å². The average molecular weight is 284 g/mol. The second-order valence-corrected chi connectivity index (χ2v) is 5.00. The number of aryl methyl sites for hydroxylation is 1. The second kappa shape index (κ2) is 6.31. The third-order valence-corrected chi connectivity index (χ3v) is 3.60. The third-order valence-electron chi connectivity index (χ3n) is 3.60. The predicted molar refractivity (Wildman–Crippen MR) is 84.5 cm³/mol. The van der Waals surface area contributed by atoms with E-state index in [1.54, 1.807) is 19.2 Å². The lowest BCUT2D eigenvalue weighted by molar-refractivity contribution is 0.0950. The van der Waals surface area contributed by atoms with Crippen molar-refractivity contribution >= 4 is 11.6 Å². The zero-order chi connectivity index (χ0) is 15.4. The number of anilines is 1. The number of hydrogen-bond acceptors (Lipinski definition) is 3. The van der Waals surface area contributed by atoms with Crippen LogP contribution in [-0.2, 0) is 6.54 Å². The highest BCUT2D eigenvalue weighted by molar-refractivity contribution is 5.94. The summed E-state index contributed by atoms with van der Waals surface area (Å²) in [5, 5.41) is 2.90. The molecule has 0 saturated heterocycles. The van der Waals surface area contributed by atoms with Crippen molar-refractivity contribution in [3.8, 4) is 5.75 Å². The molecule has 0 aliphatic carbocycles. The summed E-state index contributed by atoms with van der Waals surface area (Å²) in [7, 11) is 1.60. The molecule has 0 spiro atoms. The minimum atomic E-state index is -0.130. The summed E-state index contributed by atoms with van der Waals surface area (Å²) < 4.78 is 5.24. The van der Waals surface area contributed by atoms with Crippen LogP contribution in [0.2, 0.25) is 0 Å². The van der Waals surface area contributed by atoms with E-state index in [0.29, 0.717) is 17.9 Å². The maximum atomic E-state index is 12.2. The number of nitrogens with two attached hydrogens (primary N) is 1. The molecular weight excluding hydrogens is 264 g/mol. The number of carbonyl (C=O) groups excluding carboxylic acids is 1. The van der Waals surface area contributed by atoms with Crippen LogP contribution in [0.4, 0.5) is 5.69 Å². The van der Waals surface area contributed by atoms with Gasteiger partial charge in [0.25, 0.3) is 5.91 Å². The Kier molecular flexibility index (Phi) is 4.48. The van der Waals surface area contributed by atoms with Crippen molar-refractivity contribution in [2.45, 2.75) is 20.4 Å². The number of hydrogen-bond donors (Lipinski definition) is 2. The standard InChI is InChI=1S/C17H20N2O2/c1-11-7-8-13(9-16(11)21-3)17(20)19-10-14-5-4-6-15(18)12(14)2/h4-9H,10,18H2,1-3H3,(H,19,20). The number of nitrogens with one attached hydrogen (secondary N) is 1. The predicted octanol–water partition coefficient (Wildman–Crippen LogP) is 2.82. The number of amides is 1. The van der Waals surface area contributed by atoms with Crippen LogP contribution in [0.3, 0.4) is 0 Å². The highest BCUT2D eigenvalue weighted by Crippen LogP contribution is 2.19. The fraction of sp³-hybridized carbons (Fsp3) is 0.235. The van der Waals surface area contributed by atoms with E-state index in [9.17, 15) is 4.79 Å².